The van der Waals surface area contributed by atoms with E-state index in [2.05, 4.69) is 26.1 Å². The summed E-state index contributed by atoms with van der Waals surface area (Å²) in [6, 6.07) is 0. The van der Waals surface area contributed by atoms with Crippen molar-refractivity contribution in [1.29, 1.82) is 0 Å². The van der Waals surface area contributed by atoms with E-state index in [1.807, 2.05) is 0 Å². The first-order valence-corrected chi connectivity index (χ1v) is 7.86. The summed E-state index contributed by atoms with van der Waals surface area (Å²) < 4.78 is 21.0. The normalized spacial score (nSPS) is 13.6. The third-order valence-electron chi connectivity index (χ3n) is 3.51. The summed E-state index contributed by atoms with van der Waals surface area (Å²) in [7, 11) is 3.40. The van der Waals surface area contributed by atoms with E-state index in [1.54, 1.807) is 14.2 Å². The zero-order chi connectivity index (χ0) is 16.0. The number of hydrogen-bond donors (Lipinski definition) is 1. The summed E-state index contributed by atoms with van der Waals surface area (Å²) in [5.41, 5.74) is 0.276. The lowest BCUT2D eigenvalue weighted by molar-refractivity contribution is 0.0181. The fourth-order valence-corrected chi connectivity index (χ4v) is 1.98. The second kappa shape index (κ2) is 13.5. The quantitative estimate of drug-likeness (QED) is 0.497. The minimum Gasteiger partial charge on any atom is -0.383 e. The van der Waals surface area contributed by atoms with E-state index >= 15 is 0 Å². The number of ether oxygens (including phenoxy) is 4. The molecule has 5 nitrogen and oxygen atoms in total. The van der Waals surface area contributed by atoms with Gasteiger partial charge in [0.1, 0.15) is 0 Å². The average Bonchev–Trinajstić information content (AvgIpc) is 2.42. The standard InChI is InChI=1S/C16H35NO4/c1-16(2,3)15(14-17-7-9-18-4)6-8-20-12-13-21-11-10-19-5/h15,17H,6-14H2,1-5H3. The molecule has 0 aromatic carbocycles. The number of nitrogens with one attached hydrogen (secondary N) is 1. The van der Waals surface area contributed by atoms with E-state index in [4.69, 9.17) is 18.9 Å². The van der Waals surface area contributed by atoms with Crippen LogP contribution in [-0.2, 0) is 18.9 Å². The topological polar surface area (TPSA) is 49.0 Å². The summed E-state index contributed by atoms with van der Waals surface area (Å²) in [6.45, 7) is 12.8. The van der Waals surface area contributed by atoms with Crippen LogP contribution in [0.3, 0.4) is 0 Å². The van der Waals surface area contributed by atoms with E-state index in [1.165, 1.54) is 0 Å². The van der Waals surface area contributed by atoms with Crippen LogP contribution in [-0.4, -0.2) is 67.0 Å². The van der Waals surface area contributed by atoms with Gasteiger partial charge in [0, 0.05) is 27.4 Å². The van der Waals surface area contributed by atoms with Crippen molar-refractivity contribution < 1.29 is 18.9 Å². The van der Waals surface area contributed by atoms with E-state index in [-0.39, 0.29) is 5.41 Å². The molecule has 128 valence electrons. The maximum atomic E-state index is 5.65. The maximum Gasteiger partial charge on any atom is 0.0701 e. The number of methoxy groups -OCH3 is 2. The van der Waals surface area contributed by atoms with Gasteiger partial charge in [0.15, 0.2) is 0 Å². The summed E-state index contributed by atoms with van der Waals surface area (Å²) >= 11 is 0. The molecule has 5 heteroatoms. The van der Waals surface area contributed by atoms with Gasteiger partial charge < -0.3 is 24.3 Å². The molecular weight excluding hydrogens is 270 g/mol. The van der Waals surface area contributed by atoms with Crippen molar-refractivity contribution in [3.63, 3.8) is 0 Å². The molecule has 0 aliphatic rings. The van der Waals surface area contributed by atoms with Gasteiger partial charge in [-0.2, -0.15) is 0 Å². The predicted molar refractivity (Wildman–Crippen MR) is 85.8 cm³/mol. The van der Waals surface area contributed by atoms with Gasteiger partial charge in [-0.25, -0.2) is 0 Å². The summed E-state index contributed by atoms with van der Waals surface area (Å²) in [5.74, 6) is 0.587. The van der Waals surface area contributed by atoms with E-state index in [0.29, 0.717) is 32.3 Å². The van der Waals surface area contributed by atoms with Crippen LogP contribution in [0.15, 0.2) is 0 Å². The molecule has 1 atom stereocenters. The van der Waals surface area contributed by atoms with Crippen LogP contribution in [0.1, 0.15) is 27.2 Å². The molecule has 0 rings (SSSR count). The largest absolute Gasteiger partial charge is 0.383 e. The molecular formula is C16H35NO4. The Morgan fingerprint density at radius 2 is 1.38 bits per heavy atom. The molecule has 0 radical (unpaired) electrons. The molecule has 1 N–H and O–H groups in total. The highest BCUT2D eigenvalue weighted by Gasteiger charge is 2.23. The molecule has 1 unspecified atom stereocenters. The molecule has 0 fully saturated rings. The van der Waals surface area contributed by atoms with Crippen molar-refractivity contribution in [3.8, 4) is 0 Å². The molecule has 21 heavy (non-hydrogen) atoms. The Kier molecular flexibility index (Phi) is 13.3. The molecule has 0 aromatic rings. The van der Waals surface area contributed by atoms with Gasteiger partial charge in [-0.3, -0.25) is 0 Å². The van der Waals surface area contributed by atoms with Gasteiger partial charge in [-0.15, -0.1) is 0 Å². The van der Waals surface area contributed by atoms with Crippen molar-refractivity contribution in [1.82, 2.24) is 5.32 Å². The molecule has 0 saturated carbocycles. The molecule has 0 aliphatic carbocycles. The van der Waals surface area contributed by atoms with Gasteiger partial charge in [-0.05, 0) is 24.3 Å². The highest BCUT2D eigenvalue weighted by molar-refractivity contribution is 4.76. The van der Waals surface area contributed by atoms with Crippen molar-refractivity contribution in [2.24, 2.45) is 11.3 Å². The lowest BCUT2D eigenvalue weighted by Gasteiger charge is -2.31. The van der Waals surface area contributed by atoms with E-state index < -0.39 is 0 Å². The number of rotatable bonds is 14. The molecule has 0 aliphatic heterocycles. The molecule has 0 heterocycles. The first-order chi connectivity index (χ1) is 10.0. The van der Waals surface area contributed by atoms with Gasteiger partial charge >= 0.3 is 0 Å². The highest BCUT2D eigenvalue weighted by atomic mass is 16.5. The molecule has 0 amide bonds. The van der Waals surface area contributed by atoms with Crippen LogP contribution in [0.4, 0.5) is 0 Å². The minimum atomic E-state index is 0.276. The monoisotopic (exact) mass is 305 g/mol. The van der Waals surface area contributed by atoms with Crippen LogP contribution in [0.5, 0.6) is 0 Å². The summed E-state index contributed by atoms with van der Waals surface area (Å²) in [5, 5.41) is 3.45. The minimum absolute atomic E-state index is 0.276. The Morgan fingerprint density at radius 1 is 0.810 bits per heavy atom. The maximum absolute atomic E-state index is 5.65. The second-order valence-electron chi connectivity index (χ2n) is 6.27. The Morgan fingerprint density at radius 3 is 1.95 bits per heavy atom. The Hall–Kier alpha value is -0.200. The SMILES string of the molecule is COCCNCC(CCOCCOCCOC)C(C)(C)C. The lowest BCUT2D eigenvalue weighted by atomic mass is 9.79. The average molecular weight is 305 g/mol. The first kappa shape index (κ1) is 20.8. The van der Waals surface area contributed by atoms with Gasteiger partial charge in [-0.1, -0.05) is 20.8 Å². The molecule has 0 saturated heterocycles. The van der Waals surface area contributed by atoms with E-state index in [0.717, 1.165) is 32.7 Å². The van der Waals surface area contributed by atoms with Gasteiger partial charge in [0.25, 0.3) is 0 Å². The first-order valence-electron chi connectivity index (χ1n) is 7.86. The van der Waals surface area contributed by atoms with Crippen molar-refractivity contribution >= 4 is 0 Å². The van der Waals surface area contributed by atoms with Crippen LogP contribution in [0, 0.1) is 11.3 Å². The Bertz CT molecular complexity index is 219. The molecule has 0 spiro atoms. The van der Waals surface area contributed by atoms with Gasteiger partial charge in [0.05, 0.1) is 33.0 Å². The highest BCUT2D eigenvalue weighted by Crippen LogP contribution is 2.28. The van der Waals surface area contributed by atoms with Crippen LogP contribution >= 0.6 is 0 Å². The van der Waals surface area contributed by atoms with Crippen LogP contribution < -0.4 is 5.32 Å². The molecule has 0 aromatic heterocycles. The fraction of sp³-hybridized carbons (Fsp3) is 1.00. The Balaban J connectivity index is 3.67. The second-order valence-corrected chi connectivity index (χ2v) is 6.27. The zero-order valence-corrected chi connectivity index (χ0v) is 14.6. The summed E-state index contributed by atoms with van der Waals surface area (Å²) in [6.07, 6.45) is 1.06. The lowest BCUT2D eigenvalue weighted by Crippen LogP contribution is -2.34. The van der Waals surface area contributed by atoms with Crippen molar-refractivity contribution in [2.45, 2.75) is 27.2 Å². The Labute approximate surface area is 130 Å². The number of hydrogen-bond acceptors (Lipinski definition) is 5. The predicted octanol–water partition coefficient (Wildman–Crippen LogP) is 1.95. The van der Waals surface area contributed by atoms with E-state index in [9.17, 15) is 0 Å². The third kappa shape index (κ3) is 13.2. The smallest absolute Gasteiger partial charge is 0.0701 e. The van der Waals surface area contributed by atoms with Crippen molar-refractivity contribution in [2.75, 3.05) is 67.0 Å². The third-order valence-corrected chi connectivity index (χ3v) is 3.51. The van der Waals surface area contributed by atoms with Crippen LogP contribution in [0.2, 0.25) is 0 Å². The molecule has 0 bridgehead atoms. The fourth-order valence-electron chi connectivity index (χ4n) is 1.98. The van der Waals surface area contributed by atoms with Crippen molar-refractivity contribution in [3.05, 3.63) is 0 Å². The van der Waals surface area contributed by atoms with Gasteiger partial charge in [0.2, 0.25) is 0 Å². The van der Waals surface area contributed by atoms with Crippen LogP contribution in [0.25, 0.3) is 0 Å². The summed E-state index contributed by atoms with van der Waals surface area (Å²) in [4.78, 5) is 0. The zero-order valence-electron chi connectivity index (χ0n) is 14.6.